The first kappa shape index (κ1) is 17.0. The number of amides is 1. The first-order valence-corrected chi connectivity index (χ1v) is 10.5. The lowest BCUT2D eigenvalue weighted by Gasteiger charge is -2.29. The van der Waals surface area contributed by atoms with Crippen LogP contribution in [-0.4, -0.2) is 44.3 Å². The van der Waals surface area contributed by atoms with E-state index in [-0.39, 0.29) is 22.8 Å². The van der Waals surface area contributed by atoms with Gasteiger partial charge in [0.25, 0.3) is 0 Å². The molecule has 0 radical (unpaired) electrons. The average molecular weight is 363 g/mol. The summed E-state index contributed by atoms with van der Waals surface area (Å²) in [5, 5.41) is 0. The summed E-state index contributed by atoms with van der Waals surface area (Å²) in [7, 11) is -3.55. The van der Waals surface area contributed by atoms with Gasteiger partial charge >= 0.3 is 0 Å². The average Bonchev–Trinajstić information content (AvgIpc) is 3.19. The van der Waals surface area contributed by atoms with Crippen molar-refractivity contribution in [2.45, 2.75) is 43.5 Å². The van der Waals surface area contributed by atoms with Crippen LogP contribution in [0.4, 0.5) is 5.69 Å². The fraction of sp³-hybridized carbons (Fsp3) is 0.611. The number of anilines is 1. The second-order valence-corrected chi connectivity index (χ2v) is 9.49. The second-order valence-electron chi connectivity index (χ2n) is 7.55. The molecule has 1 amide bonds. The smallest absolute Gasteiger partial charge is 0.243 e. The van der Waals surface area contributed by atoms with Gasteiger partial charge in [-0.3, -0.25) is 4.79 Å². The van der Waals surface area contributed by atoms with E-state index >= 15 is 0 Å². The van der Waals surface area contributed by atoms with Crippen molar-refractivity contribution in [3.05, 3.63) is 23.8 Å². The molecule has 1 saturated carbocycles. The standard InChI is InChI=1S/C18H25N3O3S/c1-12(22)21-8-7-13-5-6-15(9-18(13)21)25(23,24)20-10-14-3-2-4-17(19)16(14)11-20/h5-6,9,14,16-17H,2-4,7-8,10-11,19H2,1H3. The molecule has 4 rings (SSSR count). The largest absolute Gasteiger partial charge is 0.327 e. The van der Waals surface area contributed by atoms with E-state index < -0.39 is 10.0 Å². The maximum atomic E-state index is 13.1. The molecule has 2 aliphatic heterocycles. The SMILES string of the molecule is CC(=O)N1CCc2ccc(S(=O)(=O)N3CC4CCCC(N)C4C3)cc21. The van der Waals surface area contributed by atoms with Crippen LogP contribution in [0.1, 0.15) is 31.7 Å². The van der Waals surface area contributed by atoms with Gasteiger partial charge in [0.05, 0.1) is 4.90 Å². The zero-order valence-corrected chi connectivity index (χ0v) is 15.3. The second kappa shape index (κ2) is 6.07. The predicted octanol–water partition coefficient (Wildman–Crippen LogP) is 1.34. The molecule has 7 heteroatoms. The first-order valence-electron chi connectivity index (χ1n) is 9.04. The van der Waals surface area contributed by atoms with Gasteiger partial charge in [-0.05, 0) is 48.8 Å². The fourth-order valence-corrected chi connectivity index (χ4v) is 6.22. The van der Waals surface area contributed by atoms with Gasteiger partial charge in [0.1, 0.15) is 0 Å². The van der Waals surface area contributed by atoms with Crippen LogP contribution in [0.5, 0.6) is 0 Å². The van der Waals surface area contributed by atoms with E-state index in [0.29, 0.717) is 25.6 Å². The van der Waals surface area contributed by atoms with Crippen LogP contribution in [0.15, 0.2) is 23.1 Å². The third kappa shape index (κ3) is 2.78. The Bertz CT molecular complexity index is 808. The minimum atomic E-state index is -3.55. The molecule has 3 atom stereocenters. The number of carbonyl (C=O) groups is 1. The minimum Gasteiger partial charge on any atom is -0.327 e. The summed E-state index contributed by atoms with van der Waals surface area (Å²) >= 11 is 0. The van der Waals surface area contributed by atoms with Crippen LogP contribution in [0.2, 0.25) is 0 Å². The molecule has 1 aliphatic carbocycles. The number of benzene rings is 1. The highest BCUT2D eigenvalue weighted by Gasteiger charge is 2.43. The third-order valence-corrected chi connectivity index (χ3v) is 7.92. The van der Waals surface area contributed by atoms with Crippen LogP contribution in [-0.2, 0) is 21.2 Å². The van der Waals surface area contributed by atoms with Crippen molar-refractivity contribution in [1.29, 1.82) is 0 Å². The molecule has 3 unspecified atom stereocenters. The number of sulfonamides is 1. The molecule has 0 spiro atoms. The summed E-state index contributed by atoms with van der Waals surface area (Å²) in [6.07, 6.45) is 3.91. The Morgan fingerprint density at radius 1 is 1.24 bits per heavy atom. The summed E-state index contributed by atoms with van der Waals surface area (Å²) in [6, 6.07) is 5.30. The van der Waals surface area contributed by atoms with Crippen LogP contribution in [0, 0.1) is 11.8 Å². The van der Waals surface area contributed by atoms with Crippen molar-refractivity contribution in [2.24, 2.45) is 17.6 Å². The van der Waals surface area contributed by atoms with Crippen molar-refractivity contribution in [2.75, 3.05) is 24.5 Å². The summed E-state index contributed by atoms with van der Waals surface area (Å²) in [6.45, 7) is 3.22. The summed E-state index contributed by atoms with van der Waals surface area (Å²) in [4.78, 5) is 13.7. The summed E-state index contributed by atoms with van der Waals surface area (Å²) < 4.78 is 27.9. The lowest BCUT2D eigenvalue weighted by molar-refractivity contribution is -0.116. The molecule has 1 aromatic rings. The Morgan fingerprint density at radius 2 is 2.04 bits per heavy atom. The number of hydrogen-bond acceptors (Lipinski definition) is 4. The molecule has 25 heavy (non-hydrogen) atoms. The predicted molar refractivity (Wildman–Crippen MR) is 95.7 cm³/mol. The minimum absolute atomic E-state index is 0.0496. The highest BCUT2D eigenvalue weighted by atomic mass is 32.2. The van der Waals surface area contributed by atoms with Crippen molar-refractivity contribution in [3.8, 4) is 0 Å². The van der Waals surface area contributed by atoms with Crippen LogP contribution >= 0.6 is 0 Å². The number of nitrogens with two attached hydrogens (primary N) is 1. The molecule has 2 heterocycles. The maximum absolute atomic E-state index is 13.1. The van der Waals surface area contributed by atoms with Gasteiger partial charge in [-0.1, -0.05) is 12.5 Å². The van der Waals surface area contributed by atoms with Gasteiger partial charge in [-0.15, -0.1) is 0 Å². The molecule has 6 nitrogen and oxygen atoms in total. The topological polar surface area (TPSA) is 83.7 Å². The van der Waals surface area contributed by atoms with Crippen molar-refractivity contribution in [3.63, 3.8) is 0 Å². The van der Waals surface area contributed by atoms with Gasteiger partial charge in [-0.25, -0.2) is 8.42 Å². The molecule has 2 fully saturated rings. The zero-order valence-electron chi connectivity index (χ0n) is 14.5. The number of carbonyl (C=O) groups excluding carboxylic acids is 1. The molecular weight excluding hydrogens is 338 g/mol. The lowest BCUT2D eigenvalue weighted by atomic mass is 9.78. The number of rotatable bonds is 2. The fourth-order valence-electron chi connectivity index (χ4n) is 4.67. The highest BCUT2D eigenvalue weighted by molar-refractivity contribution is 7.89. The van der Waals surface area contributed by atoms with E-state index in [4.69, 9.17) is 5.73 Å². The maximum Gasteiger partial charge on any atom is 0.243 e. The summed E-state index contributed by atoms with van der Waals surface area (Å²) in [5.41, 5.74) is 8.00. The van der Waals surface area contributed by atoms with Crippen molar-refractivity contribution in [1.82, 2.24) is 4.31 Å². The lowest BCUT2D eigenvalue weighted by Crippen LogP contribution is -2.38. The van der Waals surface area contributed by atoms with E-state index in [0.717, 1.165) is 36.9 Å². The van der Waals surface area contributed by atoms with Gasteiger partial charge in [0, 0.05) is 38.3 Å². The number of fused-ring (bicyclic) bond motifs is 2. The Hall–Kier alpha value is -1.44. The number of nitrogens with zero attached hydrogens (tertiary/aromatic N) is 2. The molecule has 0 bridgehead atoms. The van der Waals surface area contributed by atoms with Crippen LogP contribution < -0.4 is 10.6 Å². The van der Waals surface area contributed by atoms with E-state index in [1.165, 1.54) is 6.92 Å². The number of hydrogen-bond donors (Lipinski definition) is 1. The van der Waals surface area contributed by atoms with E-state index in [1.807, 2.05) is 6.07 Å². The van der Waals surface area contributed by atoms with Gasteiger partial charge in [0.2, 0.25) is 15.9 Å². The Morgan fingerprint density at radius 3 is 2.76 bits per heavy atom. The molecule has 1 aromatic carbocycles. The van der Waals surface area contributed by atoms with Crippen molar-refractivity contribution >= 4 is 21.6 Å². The van der Waals surface area contributed by atoms with Crippen LogP contribution in [0.25, 0.3) is 0 Å². The van der Waals surface area contributed by atoms with E-state index in [1.54, 1.807) is 21.3 Å². The Kier molecular flexibility index (Phi) is 4.13. The van der Waals surface area contributed by atoms with E-state index in [2.05, 4.69) is 0 Å². The summed E-state index contributed by atoms with van der Waals surface area (Å²) in [5.74, 6) is 0.597. The molecule has 136 valence electrons. The zero-order chi connectivity index (χ0) is 17.8. The molecular formula is C18H25N3O3S. The third-order valence-electron chi connectivity index (χ3n) is 6.09. The molecule has 1 saturated heterocycles. The van der Waals surface area contributed by atoms with Gasteiger partial charge in [-0.2, -0.15) is 4.31 Å². The Balaban J connectivity index is 1.63. The monoisotopic (exact) mass is 363 g/mol. The van der Waals surface area contributed by atoms with Gasteiger partial charge < -0.3 is 10.6 Å². The first-order chi connectivity index (χ1) is 11.9. The molecule has 3 aliphatic rings. The quantitative estimate of drug-likeness (QED) is 0.859. The highest BCUT2D eigenvalue weighted by Crippen LogP contribution is 2.39. The molecule has 0 aromatic heterocycles. The van der Waals surface area contributed by atoms with Gasteiger partial charge in [0.15, 0.2) is 0 Å². The molecule has 2 N–H and O–H groups in total. The van der Waals surface area contributed by atoms with Crippen LogP contribution in [0.3, 0.4) is 0 Å². The van der Waals surface area contributed by atoms with E-state index in [9.17, 15) is 13.2 Å². The Labute approximate surface area is 149 Å². The normalized spacial score (nSPS) is 29.5. The van der Waals surface area contributed by atoms with Crippen molar-refractivity contribution < 1.29 is 13.2 Å².